The van der Waals surface area contributed by atoms with Gasteiger partial charge in [0, 0.05) is 26.2 Å². The molecule has 4 heteroatoms. The summed E-state index contributed by atoms with van der Waals surface area (Å²) in [7, 11) is 3.39. The lowest BCUT2D eigenvalue weighted by Crippen LogP contribution is -2.31. The van der Waals surface area contributed by atoms with Crippen molar-refractivity contribution in [1.82, 2.24) is 10.2 Å². The van der Waals surface area contributed by atoms with Crippen LogP contribution in [0.1, 0.15) is 18.1 Å². The Morgan fingerprint density at radius 3 is 1.88 bits per heavy atom. The zero-order chi connectivity index (χ0) is 17.2. The number of likely N-dealkylation sites (N-methyl/N-ethyl adjacent to an activating group) is 1. The highest BCUT2D eigenvalue weighted by Gasteiger charge is 2.04. The van der Waals surface area contributed by atoms with E-state index in [0.29, 0.717) is 0 Å². The highest BCUT2D eigenvalue weighted by Crippen LogP contribution is 2.13. The lowest BCUT2D eigenvalue weighted by Gasteiger charge is -2.21. The molecule has 2 aromatic rings. The van der Waals surface area contributed by atoms with Gasteiger partial charge in [-0.1, -0.05) is 31.2 Å². The highest BCUT2D eigenvalue weighted by molar-refractivity contribution is 5.27. The predicted octanol–water partition coefficient (Wildman–Crippen LogP) is 3.32. The second-order valence-corrected chi connectivity index (χ2v) is 5.74. The summed E-state index contributed by atoms with van der Waals surface area (Å²) in [5.41, 5.74) is 2.59. The molecule has 1 N–H and O–H groups in total. The van der Waals surface area contributed by atoms with Gasteiger partial charge in [-0.15, -0.1) is 0 Å². The van der Waals surface area contributed by atoms with Crippen LogP contribution >= 0.6 is 0 Å². The van der Waals surface area contributed by atoms with E-state index in [1.54, 1.807) is 14.2 Å². The zero-order valence-electron chi connectivity index (χ0n) is 14.9. The van der Waals surface area contributed by atoms with Crippen molar-refractivity contribution in [2.75, 3.05) is 33.9 Å². The zero-order valence-corrected chi connectivity index (χ0v) is 14.9. The molecule has 2 aromatic carbocycles. The molecule has 0 unspecified atom stereocenters. The van der Waals surface area contributed by atoms with Crippen LogP contribution in [-0.2, 0) is 13.1 Å². The van der Waals surface area contributed by atoms with Crippen LogP contribution < -0.4 is 14.8 Å². The molecule has 0 amide bonds. The largest absolute Gasteiger partial charge is 0.497 e. The quantitative estimate of drug-likeness (QED) is 0.679. The maximum atomic E-state index is 5.21. The topological polar surface area (TPSA) is 33.7 Å². The summed E-state index contributed by atoms with van der Waals surface area (Å²) >= 11 is 0. The number of ether oxygens (including phenoxy) is 2. The van der Waals surface area contributed by atoms with E-state index < -0.39 is 0 Å². The Morgan fingerprint density at radius 2 is 1.38 bits per heavy atom. The first-order chi connectivity index (χ1) is 11.7. The molecule has 0 aromatic heterocycles. The van der Waals surface area contributed by atoms with Crippen molar-refractivity contribution in [2.45, 2.75) is 20.0 Å². The lowest BCUT2D eigenvalue weighted by atomic mass is 10.2. The van der Waals surface area contributed by atoms with E-state index in [1.807, 2.05) is 24.3 Å². The third-order valence-electron chi connectivity index (χ3n) is 4.11. The first kappa shape index (κ1) is 18.3. The van der Waals surface area contributed by atoms with Crippen LogP contribution in [0.3, 0.4) is 0 Å². The van der Waals surface area contributed by atoms with Crippen molar-refractivity contribution in [1.29, 1.82) is 0 Å². The Balaban J connectivity index is 1.72. The van der Waals surface area contributed by atoms with E-state index in [4.69, 9.17) is 9.47 Å². The molecule has 0 saturated carbocycles. The number of benzene rings is 2. The summed E-state index contributed by atoms with van der Waals surface area (Å²) in [6.45, 7) is 7.08. The number of rotatable bonds is 10. The maximum absolute atomic E-state index is 5.21. The third-order valence-corrected chi connectivity index (χ3v) is 4.11. The summed E-state index contributed by atoms with van der Waals surface area (Å²) in [5.74, 6) is 1.80. The lowest BCUT2D eigenvalue weighted by molar-refractivity contribution is 0.279. The fraction of sp³-hybridized carbons (Fsp3) is 0.400. The van der Waals surface area contributed by atoms with Gasteiger partial charge >= 0.3 is 0 Å². The SMILES string of the molecule is CCN(CCNCc1ccc(OC)cc1)Cc1ccc(OC)cc1. The van der Waals surface area contributed by atoms with Gasteiger partial charge in [0.15, 0.2) is 0 Å². The van der Waals surface area contributed by atoms with E-state index in [0.717, 1.165) is 44.2 Å². The molecule has 2 rings (SSSR count). The van der Waals surface area contributed by atoms with Crippen LogP contribution in [0.2, 0.25) is 0 Å². The summed E-state index contributed by atoms with van der Waals surface area (Å²) in [6, 6.07) is 16.5. The molecule has 0 spiro atoms. The third kappa shape index (κ3) is 5.87. The summed E-state index contributed by atoms with van der Waals surface area (Å²) in [4.78, 5) is 2.43. The molecule has 0 atom stereocenters. The van der Waals surface area contributed by atoms with Gasteiger partial charge in [0.25, 0.3) is 0 Å². The van der Waals surface area contributed by atoms with E-state index in [2.05, 4.69) is 41.4 Å². The fourth-order valence-electron chi connectivity index (χ4n) is 2.55. The van der Waals surface area contributed by atoms with Crippen molar-refractivity contribution in [3.8, 4) is 11.5 Å². The Kier molecular flexibility index (Phi) is 7.59. The van der Waals surface area contributed by atoms with E-state index in [-0.39, 0.29) is 0 Å². The maximum Gasteiger partial charge on any atom is 0.118 e. The Labute approximate surface area is 145 Å². The van der Waals surface area contributed by atoms with Gasteiger partial charge in [0.1, 0.15) is 11.5 Å². The standard InChI is InChI=1S/C20H28N2O2/c1-4-22(16-18-7-11-20(24-3)12-8-18)14-13-21-15-17-5-9-19(23-2)10-6-17/h5-12,21H,4,13-16H2,1-3H3. The molecule has 130 valence electrons. The molecule has 0 aliphatic carbocycles. The molecule has 0 aliphatic heterocycles. The second kappa shape index (κ2) is 9.96. The first-order valence-electron chi connectivity index (χ1n) is 8.44. The minimum absolute atomic E-state index is 0.879. The van der Waals surface area contributed by atoms with Crippen LogP contribution in [0, 0.1) is 0 Å². The average molecular weight is 328 g/mol. The van der Waals surface area contributed by atoms with Crippen LogP contribution in [0.4, 0.5) is 0 Å². The molecule has 0 heterocycles. The van der Waals surface area contributed by atoms with Gasteiger partial charge < -0.3 is 14.8 Å². The number of hydrogen-bond donors (Lipinski definition) is 1. The summed E-state index contributed by atoms with van der Waals surface area (Å²) in [6.07, 6.45) is 0. The Hall–Kier alpha value is -2.04. The first-order valence-corrected chi connectivity index (χ1v) is 8.44. The van der Waals surface area contributed by atoms with Crippen molar-refractivity contribution < 1.29 is 9.47 Å². The van der Waals surface area contributed by atoms with Crippen molar-refractivity contribution in [3.05, 3.63) is 59.7 Å². The van der Waals surface area contributed by atoms with Gasteiger partial charge in [-0.2, -0.15) is 0 Å². The number of methoxy groups -OCH3 is 2. The molecule has 0 bridgehead atoms. The number of nitrogens with zero attached hydrogens (tertiary/aromatic N) is 1. The smallest absolute Gasteiger partial charge is 0.118 e. The van der Waals surface area contributed by atoms with Crippen LogP contribution in [-0.4, -0.2) is 38.8 Å². The van der Waals surface area contributed by atoms with E-state index in [1.165, 1.54) is 11.1 Å². The van der Waals surface area contributed by atoms with Gasteiger partial charge in [0.05, 0.1) is 14.2 Å². The molecule has 0 aliphatic rings. The normalized spacial score (nSPS) is 10.8. The van der Waals surface area contributed by atoms with Crippen molar-refractivity contribution >= 4 is 0 Å². The summed E-state index contributed by atoms with van der Waals surface area (Å²) < 4.78 is 10.4. The van der Waals surface area contributed by atoms with Crippen LogP contribution in [0.15, 0.2) is 48.5 Å². The molecule has 4 nitrogen and oxygen atoms in total. The fourth-order valence-corrected chi connectivity index (χ4v) is 2.55. The average Bonchev–Trinajstić information content (AvgIpc) is 2.65. The number of hydrogen-bond acceptors (Lipinski definition) is 4. The van der Waals surface area contributed by atoms with Crippen molar-refractivity contribution in [3.63, 3.8) is 0 Å². The van der Waals surface area contributed by atoms with Gasteiger partial charge in [0.2, 0.25) is 0 Å². The molecular formula is C20H28N2O2. The molecule has 0 fully saturated rings. The predicted molar refractivity (Wildman–Crippen MR) is 98.6 cm³/mol. The highest BCUT2D eigenvalue weighted by atomic mass is 16.5. The summed E-state index contributed by atoms with van der Waals surface area (Å²) in [5, 5.41) is 3.51. The molecule has 0 saturated heterocycles. The number of nitrogens with one attached hydrogen (secondary N) is 1. The monoisotopic (exact) mass is 328 g/mol. The Morgan fingerprint density at radius 1 is 0.833 bits per heavy atom. The second-order valence-electron chi connectivity index (χ2n) is 5.74. The van der Waals surface area contributed by atoms with Gasteiger partial charge in [-0.25, -0.2) is 0 Å². The van der Waals surface area contributed by atoms with E-state index in [9.17, 15) is 0 Å². The molecule has 0 radical (unpaired) electrons. The van der Waals surface area contributed by atoms with Crippen LogP contribution in [0.5, 0.6) is 11.5 Å². The minimum atomic E-state index is 0.879. The molecular weight excluding hydrogens is 300 g/mol. The van der Waals surface area contributed by atoms with Gasteiger partial charge in [-0.3, -0.25) is 4.90 Å². The minimum Gasteiger partial charge on any atom is -0.497 e. The van der Waals surface area contributed by atoms with Crippen molar-refractivity contribution in [2.24, 2.45) is 0 Å². The van der Waals surface area contributed by atoms with Crippen LogP contribution in [0.25, 0.3) is 0 Å². The Bertz CT molecular complexity index is 582. The molecule has 24 heavy (non-hydrogen) atoms. The van der Waals surface area contributed by atoms with Gasteiger partial charge in [-0.05, 0) is 41.9 Å². The van der Waals surface area contributed by atoms with E-state index >= 15 is 0 Å².